The molecule has 214 valence electrons. The van der Waals surface area contributed by atoms with Crippen molar-refractivity contribution in [1.82, 2.24) is 10.2 Å². The summed E-state index contributed by atoms with van der Waals surface area (Å²) < 4.78 is 40.1. The smallest absolute Gasteiger partial charge is 0.264 e. The van der Waals surface area contributed by atoms with Gasteiger partial charge in [0, 0.05) is 13.6 Å². The highest BCUT2D eigenvalue weighted by Gasteiger charge is 2.34. The van der Waals surface area contributed by atoms with Gasteiger partial charge >= 0.3 is 0 Å². The van der Waals surface area contributed by atoms with Crippen molar-refractivity contribution in [2.75, 3.05) is 31.6 Å². The zero-order chi connectivity index (χ0) is 29.3. The van der Waals surface area contributed by atoms with Crippen LogP contribution in [0.5, 0.6) is 11.5 Å². The number of carbonyl (C=O) groups excluding carboxylic acids is 2. The van der Waals surface area contributed by atoms with Gasteiger partial charge in [-0.15, -0.1) is 0 Å². The maximum absolute atomic E-state index is 14.1. The second kappa shape index (κ2) is 13.8. The van der Waals surface area contributed by atoms with E-state index in [1.807, 2.05) is 6.92 Å². The fourth-order valence-electron chi connectivity index (χ4n) is 4.31. The van der Waals surface area contributed by atoms with Crippen molar-refractivity contribution in [2.45, 2.75) is 44.7 Å². The maximum atomic E-state index is 14.1. The van der Waals surface area contributed by atoms with E-state index in [2.05, 4.69) is 5.32 Å². The molecule has 0 heterocycles. The SMILES string of the molecule is CCOc1ccccc1N(CC(=O)N(Cc1ccc(OC)cc1)C(CC)C(=O)NC)S(=O)(=O)c1ccc(C)cc1. The van der Waals surface area contributed by atoms with Crippen molar-refractivity contribution in [3.63, 3.8) is 0 Å². The van der Waals surface area contributed by atoms with E-state index in [0.717, 1.165) is 15.4 Å². The molecule has 1 atom stereocenters. The number of rotatable bonds is 13. The molecule has 0 radical (unpaired) electrons. The number of para-hydroxylation sites is 2. The molecule has 9 nitrogen and oxygen atoms in total. The van der Waals surface area contributed by atoms with E-state index < -0.39 is 28.5 Å². The first-order valence-corrected chi connectivity index (χ1v) is 14.5. The van der Waals surface area contributed by atoms with E-state index in [4.69, 9.17) is 9.47 Å². The Hall–Kier alpha value is -4.05. The molecular weight excluding hydrogens is 530 g/mol. The topological polar surface area (TPSA) is 105 Å². The number of hydrogen-bond acceptors (Lipinski definition) is 6. The lowest BCUT2D eigenvalue weighted by Crippen LogP contribution is -2.51. The fraction of sp³-hybridized carbons (Fsp3) is 0.333. The molecule has 0 aromatic heterocycles. The lowest BCUT2D eigenvalue weighted by atomic mass is 10.1. The van der Waals surface area contributed by atoms with Gasteiger partial charge < -0.3 is 19.7 Å². The van der Waals surface area contributed by atoms with Gasteiger partial charge in [0.1, 0.15) is 24.1 Å². The summed E-state index contributed by atoms with van der Waals surface area (Å²) in [5, 5.41) is 2.62. The highest BCUT2D eigenvalue weighted by atomic mass is 32.2. The number of ether oxygens (including phenoxy) is 2. The quantitative estimate of drug-likeness (QED) is 0.333. The van der Waals surface area contributed by atoms with Gasteiger partial charge in [0.15, 0.2) is 0 Å². The fourth-order valence-corrected chi connectivity index (χ4v) is 5.73. The largest absolute Gasteiger partial charge is 0.497 e. The number of carbonyl (C=O) groups is 2. The van der Waals surface area contributed by atoms with Crippen LogP contribution in [0, 0.1) is 6.92 Å². The number of benzene rings is 3. The second-order valence-electron chi connectivity index (χ2n) is 9.13. The maximum Gasteiger partial charge on any atom is 0.264 e. The standard InChI is InChI=1S/C30H37N3O6S/c1-6-26(30(35)31-4)32(20-23-14-16-24(38-5)17-15-23)29(34)21-33(27-10-8-9-11-28(27)39-7-2)40(36,37)25-18-12-22(3)13-19-25/h8-19,26H,6-7,20-21H2,1-5H3,(H,31,35). The first-order valence-electron chi connectivity index (χ1n) is 13.1. The lowest BCUT2D eigenvalue weighted by molar-refractivity contribution is -0.140. The number of sulfonamides is 1. The molecule has 0 aliphatic rings. The van der Waals surface area contributed by atoms with Crippen LogP contribution in [-0.2, 0) is 26.2 Å². The van der Waals surface area contributed by atoms with E-state index in [0.29, 0.717) is 24.5 Å². The summed E-state index contributed by atoms with van der Waals surface area (Å²) in [7, 11) is -1.12. The van der Waals surface area contributed by atoms with Gasteiger partial charge in [0.25, 0.3) is 10.0 Å². The van der Waals surface area contributed by atoms with Gasteiger partial charge in [-0.25, -0.2) is 8.42 Å². The molecule has 3 aromatic carbocycles. The Kier molecular flexibility index (Phi) is 10.6. The molecule has 3 rings (SSSR count). The van der Waals surface area contributed by atoms with Crippen LogP contribution in [0.15, 0.2) is 77.7 Å². The van der Waals surface area contributed by atoms with Gasteiger partial charge in [0.05, 0.1) is 24.3 Å². The molecule has 40 heavy (non-hydrogen) atoms. The van der Waals surface area contributed by atoms with Crippen LogP contribution in [0.1, 0.15) is 31.4 Å². The predicted octanol–water partition coefficient (Wildman–Crippen LogP) is 4.15. The normalized spacial score (nSPS) is 11.8. The second-order valence-corrected chi connectivity index (χ2v) is 11.0. The Balaban J connectivity index is 2.09. The van der Waals surface area contributed by atoms with Crippen molar-refractivity contribution >= 4 is 27.5 Å². The number of likely N-dealkylation sites (N-methyl/N-ethyl adjacent to an activating group) is 1. The van der Waals surface area contributed by atoms with Crippen LogP contribution in [-0.4, -0.2) is 58.5 Å². The third kappa shape index (κ3) is 7.12. The Morgan fingerprint density at radius 2 is 1.60 bits per heavy atom. The van der Waals surface area contributed by atoms with Crippen LogP contribution in [0.2, 0.25) is 0 Å². The summed E-state index contributed by atoms with van der Waals surface area (Å²) in [6.07, 6.45) is 0.335. The molecule has 0 fully saturated rings. The summed E-state index contributed by atoms with van der Waals surface area (Å²) in [6.45, 7) is 5.33. The van der Waals surface area contributed by atoms with Gasteiger partial charge in [-0.3, -0.25) is 13.9 Å². The number of anilines is 1. The van der Waals surface area contributed by atoms with E-state index in [9.17, 15) is 18.0 Å². The lowest BCUT2D eigenvalue weighted by Gasteiger charge is -2.33. The van der Waals surface area contributed by atoms with E-state index in [1.54, 1.807) is 81.6 Å². The highest BCUT2D eigenvalue weighted by molar-refractivity contribution is 7.92. The van der Waals surface area contributed by atoms with Crippen LogP contribution in [0.4, 0.5) is 5.69 Å². The number of amides is 2. The summed E-state index contributed by atoms with van der Waals surface area (Å²) in [5.41, 5.74) is 1.90. The molecule has 0 aliphatic heterocycles. The zero-order valence-electron chi connectivity index (χ0n) is 23.6. The van der Waals surface area contributed by atoms with Crippen LogP contribution in [0.25, 0.3) is 0 Å². The van der Waals surface area contributed by atoms with Crippen LogP contribution in [0.3, 0.4) is 0 Å². The summed E-state index contributed by atoms with van der Waals surface area (Å²) in [6, 6.07) is 19.5. The van der Waals surface area contributed by atoms with Crippen LogP contribution >= 0.6 is 0 Å². The number of nitrogens with one attached hydrogen (secondary N) is 1. The van der Waals surface area contributed by atoms with Crippen molar-refractivity contribution in [3.8, 4) is 11.5 Å². The number of hydrogen-bond donors (Lipinski definition) is 1. The van der Waals surface area contributed by atoms with Gasteiger partial charge in [-0.2, -0.15) is 0 Å². The number of methoxy groups -OCH3 is 1. The monoisotopic (exact) mass is 567 g/mol. The molecule has 2 amide bonds. The molecule has 3 aromatic rings. The molecule has 1 unspecified atom stereocenters. The number of nitrogens with zero attached hydrogens (tertiary/aromatic N) is 2. The minimum atomic E-state index is -4.19. The molecular formula is C30H37N3O6S. The van der Waals surface area contributed by atoms with E-state index in [1.165, 1.54) is 24.1 Å². The predicted molar refractivity (Wildman–Crippen MR) is 155 cm³/mol. The van der Waals surface area contributed by atoms with Gasteiger partial charge in [-0.1, -0.05) is 48.9 Å². The molecule has 0 bridgehead atoms. The van der Waals surface area contributed by atoms with Gasteiger partial charge in [-0.05, 0) is 62.2 Å². The molecule has 1 N–H and O–H groups in total. The Morgan fingerprint density at radius 3 is 2.17 bits per heavy atom. The van der Waals surface area contributed by atoms with Crippen molar-refractivity contribution in [1.29, 1.82) is 0 Å². The summed E-state index contributed by atoms with van der Waals surface area (Å²) in [5.74, 6) is 0.108. The third-order valence-electron chi connectivity index (χ3n) is 6.47. The molecule has 10 heteroatoms. The third-order valence-corrected chi connectivity index (χ3v) is 8.24. The van der Waals surface area contributed by atoms with Crippen molar-refractivity contribution < 1.29 is 27.5 Å². The summed E-state index contributed by atoms with van der Waals surface area (Å²) in [4.78, 5) is 28.4. The van der Waals surface area contributed by atoms with Crippen LogP contribution < -0.4 is 19.1 Å². The first-order chi connectivity index (χ1) is 19.2. The average molecular weight is 568 g/mol. The Bertz CT molecular complexity index is 1390. The minimum Gasteiger partial charge on any atom is -0.497 e. The molecule has 0 spiro atoms. The van der Waals surface area contributed by atoms with E-state index >= 15 is 0 Å². The Labute approximate surface area is 236 Å². The molecule has 0 aliphatic carbocycles. The van der Waals surface area contributed by atoms with Crippen molar-refractivity contribution in [2.24, 2.45) is 0 Å². The number of aryl methyl sites for hydroxylation is 1. The Morgan fingerprint density at radius 1 is 0.950 bits per heavy atom. The first kappa shape index (κ1) is 30.5. The average Bonchev–Trinajstić information content (AvgIpc) is 2.96. The van der Waals surface area contributed by atoms with Gasteiger partial charge in [0.2, 0.25) is 11.8 Å². The highest BCUT2D eigenvalue weighted by Crippen LogP contribution is 2.33. The zero-order valence-corrected chi connectivity index (χ0v) is 24.4. The minimum absolute atomic E-state index is 0.0391. The van der Waals surface area contributed by atoms with E-state index in [-0.39, 0.29) is 23.0 Å². The molecule has 0 saturated carbocycles. The van der Waals surface area contributed by atoms with Crippen molar-refractivity contribution in [3.05, 3.63) is 83.9 Å². The summed E-state index contributed by atoms with van der Waals surface area (Å²) >= 11 is 0. The molecule has 0 saturated heterocycles.